The number of nitrogens with zero attached hydrogens (tertiary/aromatic N) is 4. The van der Waals surface area contributed by atoms with E-state index in [-0.39, 0.29) is 5.91 Å². The van der Waals surface area contributed by atoms with Crippen molar-refractivity contribution in [1.29, 1.82) is 0 Å². The molecule has 0 N–H and O–H groups in total. The van der Waals surface area contributed by atoms with Gasteiger partial charge in [0.1, 0.15) is 5.76 Å². The van der Waals surface area contributed by atoms with Gasteiger partial charge in [-0.2, -0.15) is 0 Å². The van der Waals surface area contributed by atoms with Gasteiger partial charge in [0, 0.05) is 31.7 Å². The fourth-order valence-electron chi connectivity index (χ4n) is 4.16. The number of carbonyl (C=O) groups excluding carboxylic acids is 1. The minimum atomic E-state index is -0.0825. The van der Waals surface area contributed by atoms with E-state index in [0.717, 1.165) is 42.1 Å². The average molecular weight is 340 g/mol. The molecule has 3 aliphatic rings. The van der Waals surface area contributed by atoms with Crippen molar-refractivity contribution in [3.63, 3.8) is 0 Å². The molecule has 0 aromatic carbocycles. The van der Waals surface area contributed by atoms with E-state index < -0.39 is 0 Å². The van der Waals surface area contributed by atoms with Crippen LogP contribution in [-0.4, -0.2) is 46.7 Å². The molecule has 1 atom stereocenters. The second-order valence-corrected chi connectivity index (χ2v) is 6.88. The Morgan fingerprint density at radius 2 is 2.32 bits per heavy atom. The lowest BCUT2D eigenvalue weighted by atomic mass is 10.1. The normalized spacial score (nSPS) is 22.2. The summed E-state index contributed by atoms with van der Waals surface area (Å²) in [6, 6.07) is 4.42. The molecular formula is C18H20N4O3. The molecule has 1 fully saturated rings. The third kappa shape index (κ3) is 2.41. The Balaban J connectivity index is 1.50. The van der Waals surface area contributed by atoms with E-state index in [4.69, 9.17) is 9.26 Å². The van der Waals surface area contributed by atoms with E-state index in [1.54, 1.807) is 6.20 Å². The fourth-order valence-corrected chi connectivity index (χ4v) is 4.16. The van der Waals surface area contributed by atoms with Gasteiger partial charge in [-0.05, 0) is 25.0 Å². The Kier molecular flexibility index (Phi) is 3.48. The predicted molar refractivity (Wildman–Crippen MR) is 89.2 cm³/mol. The molecule has 0 unspecified atom stereocenters. The summed E-state index contributed by atoms with van der Waals surface area (Å²) in [7, 11) is 0. The Hall–Kier alpha value is -2.41. The van der Waals surface area contributed by atoms with Crippen LogP contribution in [0.1, 0.15) is 40.3 Å². The topological polar surface area (TPSA) is 71.7 Å². The number of fused-ring (bicyclic) bond motifs is 4. The van der Waals surface area contributed by atoms with Crippen molar-refractivity contribution in [2.24, 2.45) is 0 Å². The Morgan fingerprint density at radius 1 is 1.36 bits per heavy atom. The predicted octanol–water partition coefficient (Wildman–Crippen LogP) is 1.77. The van der Waals surface area contributed by atoms with Crippen molar-refractivity contribution < 1.29 is 14.1 Å². The number of aromatic nitrogens is 2. The summed E-state index contributed by atoms with van der Waals surface area (Å²) in [5.41, 5.74) is 3.32. The van der Waals surface area contributed by atoms with Crippen LogP contribution in [-0.2, 0) is 24.3 Å². The highest BCUT2D eigenvalue weighted by atomic mass is 16.5. The highest BCUT2D eigenvalue weighted by Crippen LogP contribution is 2.33. The number of hydrogen-bond acceptors (Lipinski definition) is 6. The highest BCUT2D eigenvalue weighted by molar-refractivity contribution is 5.94. The van der Waals surface area contributed by atoms with Gasteiger partial charge in [0.05, 0.1) is 36.7 Å². The van der Waals surface area contributed by atoms with Crippen LogP contribution in [0.15, 0.2) is 22.9 Å². The Labute approximate surface area is 145 Å². The quantitative estimate of drug-likeness (QED) is 0.788. The maximum atomic E-state index is 13.2. The molecule has 1 amide bonds. The molecular weight excluding hydrogens is 320 g/mol. The summed E-state index contributed by atoms with van der Waals surface area (Å²) < 4.78 is 10.9. The first-order valence-electron chi connectivity index (χ1n) is 8.86. The Bertz CT molecular complexity index is 818. The van der Waals surface area contributed by atoms with Gasteiger partial charge in [0.2, 0.25) is 0 Å². The summed E-state index contributed by atoms with van der Waals surface area (Å²) in [6.45, 7) is 3.24. The minimum absolute atomic E-state index is 0.0825. The zero-order valence-corrected chi connectivity index (χ0v) is 14.0. The molecule has 2 aromatic heterocycles. The lowest BCUT2D eigenvalue weighted by molar-refractivity contribution is 0.0716. The van der Waals surface area contributed by atoms with Crippen LogP contribution < -0.4 is 4.90 Å². The van der Waals surface area contributed by atoms with E-state index in [0.29, 0.717) is 44.5 Å². The van der Waals surface area contributed by atoms with Crippen molar-refractivity contribution in [2.75, 3.05) is 24.6 Å². The van der Waals surface area contributed by atoms with Crippen LogP contribution in [0.5, 0.6) is 0 Å². The van der Waals surface area contributed by atoms with Gasteiger partial charge in [-0.15, -0.1) is 0 Å². The van der Waals surface area contributed by atoms with Crippen LogP contribution in [0.3, 0.4) is 0 Å². The molecule has 7 heteroatoms. The van der Waals surface area contributed by atoms with Gasteiger partial charge >= 0.3 is 0 Å². The molecule has 130 valence electrons. The number of anilines is 1. The molecule has 5 rings (SSSR count). The van der Waals surface area contributed by atoms with Gasteiger partial charge in [0.25, 0.3) is 5.91 Å². The van der Waals surface area contributed by atoms with E-state index >= 15 is 0 Å². The molecule has 0 radical (unpaired) electrons. The molecule has 1 saturated heterocycles. The van der Waals surface area contributed by atoms with Gasteiger partial charge in [-0.25, -0.2) is 0 Å². The molecule has 25 heavy (non-hydrogen) atoms. The standard InChI is InChI=1S/C18H20N4O3/c23-18(17-13-11-24-8-5-16(13)25-20-17)21-9-12-3-2-7-22(12)15-4-1-6-19-14(15)10-21/h1,4,6,12H,2-3,5,7-11H2/t12-/m0/s1. The summed E-state index contributed by atoms with van der Waals surface area (Å²) in [4.78, 5) is 22.0. The second kappa shape index (κ2) is 5.84. The van der Waals surface area contributed by atoms with Gasteiger partial charge in [0.15, 0.2) is 5.69 Å². The number of ether oxygens (including phenoxy) is 1. The van der Waals surface area contributed by atoms with E-state index in [1.165, 1.54) is 0 Å². The number of amides is 1. The molecule has 7 nitrogen and oxygen atoms in total. The Morgan fingerprint density at radius 3 is 3.28 bits per heavy atom. The molecule has 2 aromatic rings. The lowest BCUT2D eigenvalue weighted by Gasteiger charge is -2.27. The van der Waals surface area contributed by atoms with E-state index in [2.05, 4.69) is 21.1 Å². The smallest absolute Gasteiger partial charge is 0.276 e. The van der Waals surface area contributed by atoms with Gasteiger partial charge in [-0.1, -0.05) is 5.16 Å². The number of rotatable bonds is 1. The monoisotopic (exact) mass is 340 g/mol. The summed E-state index contributed by atoms with van der Waals surface area (Å²) in [5.74, 6) is 0.700. The van der Waals surface area contributed by atoms with Crippen LogP contribution >= 0.6 is 0 Å². The molecule has 0 spiro atoms. The van der Waals surface area contributed by atoms with Crippen LogP contribution in [0.2, 0.25) is 0 Å². The van der Waals surface area contributed by atoms with Crippen molar-refractivity contribution in [1.82, 2.24) is 15.0 Å². The SMILES string of the molecule is O=C(c1noc2c1COCC2)N1Cc2ncccc2N2CCC[C@H]2C1. The first kappa shape index (κ1) is 14.9. The maximum absolute atomic E-state index is 13.2. The largest absolute Gasteiger partial charge is 0.376 e. The summed E-state index contributed by atoms with van der Waals surface area (Å²) >= 11 is 0. The minimum Gasteiger partial charge on any atom is -0.376 e. The van der Waals surface area contributed by atoms with Crippen molar-refractivity contribution >= 4 is 11.6 Å². The van der Waals surface area contributed by atoms with Gasteiger partial charge < -0.3 is 19.1 Å². The number of carbonyl (C=O) groups is 1. The summed E-state index contributed by atoms with van der Waals surface area (Å²) in [5, 5.41) is 4.06. The van der Waals surface area contributed by atoms with Crippen LogP contribution in [0, 0.1) is 0 Å². The zero-order chi connectivity index (χ0) is 16.8. The molecule has 0 aliphatic carbocycles. The van der Waals surface area contributed by atoms with E-state index in [1.807, 2.05) is 11.0 Å². The fraction of sp³-hybridized carbons (Fsp3) is 0.500. The number of pyridine rings is 1. The molecule has 3 aliphatic heterocycles. The van der Waals surface area contributed by atoms with Crippen LogP contribution in [0.4, 0.5) is 5.69 Å². The second-order valence-electron chi connectivity index (χ2n) is 6.88. The third-order valence-electron chi connectivity index (χ3n) is 5.40. The first-order valence-corrected chi connectivity index (χ1v) is 8.86. The maximum Gasteiger partial charge on any atom is 0.276 e. The van der Waals surface area contributed by atoms with Crippen molar-refractivity contribution in [2.45, 2.75) is 38.5 Å². The van der Waals surface area contributed by atoms with Crippen molar-refractivity contribution in [3.05, 3.63) is 41.0 Å². The van der Waals surface area contributed by atoms with Crippen LogP contribution in [0.25, 0.3) is 0 Å². The zero-order valence-electron chi connectivity index (χ0n) is 14.0. The molecule has 0 bridgehead atoms. The molecule has 5 heterocycles. The highest BCUT2D eigenvalue weighted by Gasteiger charge is 2.36. The first-order chi connectivity index (χ1) is 12.3. The van der Waals surface area contributed by atoms with E-state index in [9.17, 15) is 4.79 Å². The van der Waals surface area contributed by atoms with Crippen molar-refractivity contribution in [3.8, 4) is 0 Å². The summed E-state index contributed by atoms with van der Waals surface area (Å²) in [6.07, 6.45) is 4.71. The lowest BCUT2D eigenvalue weighted by Crippen LogP contribution is -2.40. The molecule has 0 saturated carbocycles. The number of hydrogen-bond donors (Lipinski definition) is 0. The third-order valence-corrected chi connectivity index (χ3v) is 5.40. The average Bonchev–Trinajstić information content (AvgIpc) is 3.25. The van der Waals surface area contributed by atoms with Gasteiger partial charge in [-0.3, -0.25) is 9.78 Å².